The van der Waals surface area contributed by atoms with Crippen LogP contribution in [0.4, 0.5) is 8.78 Å². The Labute approximate surface area is 140 Å². The number of rotatable bonds is 8. The molecule has 1 N–H and O–H groups in total. The number of hydrogen-bond acceptors (Lipinski definition) is 3. The Kier molecular flexibility index (Phi) is 6.28. The molecular weight excluding hydrogens is 336 g/mol. The summed E-state index contributed by atoms with van der Waals surface area (Å²) >= 11 is 0. The van der Waals surface area contributed by atoms with E-state index in [9.17, 15) is 17.2 Å². The molecule has 2 aromatic rings. The van der Waals surface area contributed by atoms with Gasteiger partial charge in [-0.15, -0.1) is 0 Å². The van der Waals surface area contributed by atoms with Crippen molar-refractivity contribution in [2.24, 2.45) is 0 Å². The van der Waals surface area contributed by atoms with E-state index in [1.54, 1.807) is 55.5 Å². The highest BCUT2D eigenvalue weighted by atomic mass is 32.2. The highest BCUT2D eigenvalue weighted by Gasteiger charge is 2.22. The van der Waals surface area contributed by atoms with E-state index in [0.717, 1.165) is 0 Å². The van der Waals surface area contributed by atoms with Crippen LogP contribution in [0, 0.1) is 0 Å². The second-order valence-corrected chi connectivity index (χ2v) is 6.99. The van der Waals surface area contributed by atoms with Crippen LogP contribution in [0.2, 0.25) is 0 Å². The number of nitrogens with one attached hydrogen (secondary N) is 1. The van der Waals surface area contributed by atoms with Gasteiger partial charge in [-0.2, -0.15) is 8.78 Å². The van der Waals surface area contributed by atoms with Crippen molar-refractivity contribution >= 4 is 10.0 Å². The number of benzene rings is 2. The van der Waals surface area contributed by atoms with Gasteiger partial charge in [0, 0.05) is 5.56 Å². The molecule has 0 saturated carbocycles. The topological polar surface area (TPSA) is 55.4 Å². The number of halogens is 2. The molecule has 130 valence electrons. The Morgan fingerprint density at radius 1 is 1.04 bits per heavy atom. The lowest BCUT2D eigenvalue weighted by molar-refractivity contribution is -0.0506. The largest absolute Gasteiger partial charge is 0.434 e. The number of hydrogen-bond donors (Lipinski definition) is 1. The molecule has 1 atom stereocenters. The van der Waals surface area contributed by atoms with Crippen LogP contribution in [0.5, 0.6) is 5.75 Å². The summed E-state index contributed by atoms with van der Waals surface area (Å²) < 4.78 is 56.9. The highest BCUT2D eigenvalue weighted by molar-refractivity contribution is 7.88. The van der Waals surface area contributed by atoms with Crippen LogP contribution in [-0.2, 0) is 15.8 Å². The summed E-state index contributed by atoms with van der Waals surface area (Å²) in [4.78, 5) is 0. The zero-order chi connectivity index (χ0) is 17.6. The maximum absolute atomic E-state index is 12.5. The smallest absolute Gasteiger partial charge is 0.387 e. The Hall–Kier alpha value is -1.99. The quantitative estimate of drug-likeness (QED) is 0.782. The van der Waals surface area contributed by atoms with Crippen molar-refractivity contribution in [1.29, 1.82) is 0 Å². The van der Waals surface area contributed by atoms with Crippen molar-refractivity contribution < 1.29 is 21.9 Å². The van der Waals surface area contributed by atoms with Crippen LogP contribution in [0.15, 0.2) is 54.6 Å². The van der Waals surface area contributed by atoms with Crippen LogP contribution in [0.3, 0.4) is 0 Å². The van der Waals surface area contributed by atoms with Gasteiger partial charge in [-0.05, 0) is 18.1 Å². The van der Waals surface area contributed by atoms with E-state index in [1.807, 2.05) is 0 Å². The molecule has 0 aliphatic carbocycles. The second kappa shape index (κ2) is 8.21. The SMILES string of the molecule is CC[C@@H](NS(=O)(=O)Cc1ccccc1)c1ccccc1OC(F)F. The van der Waals surface area contributed by atoms with Gasteiger partial charge in [0.2, 0.25) is 10.0 Å². The summed E-state index contributed by atoms with van der Waals surface area (Å²) in [6.45, 7) is -1.20. The lowest BCUT2D eigenvalue weighted by atomic mass is 10.0. The Balaban J connectivity index is 2.20. The predicted octanol–water partition coefficient (Wildman–Crippen LogP) is 3.86. The minimum Gasteiger partial charge on any atom is -0.434 e. The van der Waals surface area contributed by atoms with Crippen LogP contribution >= 0.6 is 0 Å². The Bertz CT molecular complexity index is 751. The molecule has 0 fully saturated rings. The molecule has 0 amide bonds. The summed E-state index contributed by atoms with van der Waals surface area (Å²) in [7, 11) is -3.63. The minimum atomic E-state index is -3.63. The molecule has 0 spiro atoms. The van der Waals surface area contributed by atoms with E-state index in [-0.39, 0.29) is 11.5 Å². The molecule has 0 saturated heterocycles. The molecule has 0 aromatic heterocycles. The molecule has 0 heterocycles. The first-order valence-electron chi connectivity index (χ1n) is 7.49. The Morgan fingerprint density at radius 2 is 1.67 bits per heavy atom. The molecular formula is C17H19F2NO3S. The van der Waals surface area contributed by atoms with Gasteiger partial charge in [0.05, 0.1) is 11.8 Å². The number of alkyl halides is 2. The van der Waals surface area contributed by atoms with Gasteiger partial charge in [-0.25, -0.2) is 13.1 Å². The first-order valence-corrected chi connectivity index (χ1v) is 9.14. The van der Waals surface area contributed by atoms with Crippen LogP contribution < -0.4 is 9.46 Å². The second-order valence-electron chi connectivity index (χ2n) is 5.24. The van der Waals surface area contributed by atoms with Crippen LogP contribution in [0.1, 0.15) is 30.5 Å². The lowest BCUT2D eigenvalue weighted by Crippen LogP contribution is -2.30. The maximum Gasteiger partial charge on any atom is 0.387 e. The third-order valence-corrected chi connectivity index (χ3v) is 4.80. The van der Waals surface area contributed by atoms with Crippen LogP contribution in [-0.4, -0.2) is 15.0 Å². The monoisotopic (exact) mass is 355 g/mol. The van der Waals surface area contributed by atoms with E-state index >= 15 is 0 Å². The molecule has 2 rings (SSSR count). The molecule has 24 heavy (non-hydrogen) atoms. The van der Waals surface area contributed by atoms with E-state index in [0.29, 0.717) is 17.5 Å². The molecule has 0 unspecified atom stereocenters. The first kappa shape index (κ1) is 18.4. The molecule has 0 aliphatic rings. The van der Waals surface area contributed by atoms with Crippen molar-refractivity contribution in [1.82, 2.24) is 4.72 Å². The normalized spacial score (nSPS) is 13.0. The van der Waals surface area contributed by atoms with E-state index in [1.165, 1.54) is 6.07 Å². The molecule has 7 heteroatoms. The van der Waals surface area contributed by atoms with Gasteiger partial charge in [0.25, 0.3) is 0 Å². The van der Waals surface area contributed by atoms with E-state index in [2.05, 4.69) is 9.46 Å². The van der Waals surface area contributed by atoms with E-state index in [4.69, 9.17) is 0 Å². The van der Waals surface area contributed by atoms with Crippen molar-refractivity contribution in [3.8, 4) is 5.75 Å². The molecule has 0 radical (unpaired) electrons. The van der Waals surface area contributed by atoms with E-state index < -0.39 is 22.7 Å². The zero-order valence-electron chi connectivity index (χ0n) is 13.2. The van der Waals surface area contributed by atoms with Gasteiger partial charge < -0.3 is 4.74 Å². The highest BCUT2D eigenvalue weighted by Crippen LogP contribution is 2.29. The summed E-state index contributed by atoms with van der Waals surface area (Å²) in [6.07, 6.45) is 0.400. The lowest BCUT2D eigenvalue weighted by Gasteiger charge is -2.20. The summed E-state index contributed by atoms with van der Waals surface area (Å²) in [5.41, 5.74) is 1.04. The maximum atomic E-state index is 12.5. The number of ether oxygens (including phenoxy) is 1. The standard InChI is InChI=1S/C17H19F2NO3S/c1-2-15(14-10-6-7-11-16(14)23-17(18)19)20-24(21,22)12-13-8-4-3-5-9-13/h3-11,15,17,20H,2,12H2,1H3/t15-/m1/s1. The minimum absolute atomic E-state index is 0.0261. The van der Waals surface area contributed by atoms with Gasteiger partial charge in [0.15, 0.2) is 0 Å². The van der Waals surface area contributed by atoms with Gasteiger partial charge >= 0.3 is 6.61 Å². The fourth-order valence-electron chi connectivity index (χ4n) is 2.39. The number of para-hydroxylation sites is 1. The zero-order valence-corrected chi connectivity index (χ0v) is 14.0. The van der Waals surface area contributed by atoms with Gasteiger partial charge in [-0.1, -0.05) is 55.5 Å². The van der Waals surface area contributed by atoms with Crippen molar-refractivity contribution in [2.45, 2.75) is 31.8 Å². The molecule has 0 bridgehead atoms. The van der Waals surface area contributed by atoms with Crippen molar-refractivity contribution in [2.75, 3.05) is 0 Å². The molecule has 2 aromatic carbocycles. The Morgan fingerprint density at radius 3 is 2.29 bits per heavy atom. The van der Waals surface area contributed by atoms with Gasteiger partial charge in [-0.3, -0.25) is 0 Å². The fraction of sp³-hybridized carbons (Fsp3) is 0.294. The third kappa shape index (κ3) is 5.28. The molecule has 4 nitrogen and oxygen atoms in total. The molecule has 0 aliphatic heterocycles. The summed E-state index contributed by atoms with van der Waals surface area (Å²) in [5.74, 6) is -0.205. The fourth-order valence-corrected chi connectivity index (χ4v) is 3.83. The summed E-state index contributed by atoms with van der Waals surface area (Å²) in [6, 6.07) is 14.3. The first-order chi connectivity index (χ1) is 11.4. The van der Waals surface area contributed by atoms with Crippen molar-refractivity contribution in [3.63, 3.8) is 0 Å². The number of sulfonamides is 1. The average Bonchev–Trinajstić information content (AvgIpc) is 2.53. The van der Waals surface area contributed by atoms with Gasteiger partial charge in [0.1, 0.15) is 5.75 Å². The van der Waals surface area contributed by atoms with Crippen molar-refractivity contribution in [3.05, 3.63) is 65.7 Å². The third-order valence-electron chi connectivity index (χ3n) is 3.44. The average molecular weight is 355 g/mol. The summed E-state index contributed by atoms with van der Waals surface area (Å²) in [5, 5.41) is 0. The predicted molar refractivity (Wildman–Crippen MR) is 88.3 cm³/mol. The van der Waals surface area contributed by atoms with Crippen LogP contribution in [0.25, 0.3) is 0 Å².